The van der Waals surface area contributed by atoms with E-state index in [2.05, 4.69) is 39.5 Å². The van der Waals surface area contributed by atoms with Crippen LogP contribution in [0, 0.1) is 23.7 Å². The Kier molecular flexibility index (Phi) is 22.5. The van der Waals surface area contributed by atoms with Crippen LogP contribution in [0.25, 0.3) is 0 Å². The van der Waals surface area contributed by atoms with Gasteiger partial charge >= 0.3 is 0 Å². The van der Waals surface area contributed by atoms with Gasteiger partial charge < -0.3 is 0 Å². The standard InChI is InChI=1S/C28H54/c1-5-8-10-12-14-16-17-18-20-22-24-26-28(27(4)7-3)25-23-21-19-15-13-11-9-6-2/h27-28H,5-17,19,21-26H2,1-4H3. The van der Waals surface area contributed by atoms with Crippen molar-refractivity contribution in [2.45, 2.75) is 156 Å². The topological polar surface area (TPSA) is 0 Å². The fraction of sp³-hybridized carbons (Fsp3) is 0.929. The molecule has 2 unspecified atom stereocenters. The maximum Gasteiger partial charge on any atom is 0.00887 e. The highest BCUT2D eigenvalue weighted by molar-refractivity contribution is 4.98. The van der Waals surface area contributed by atoms with Gasteiger partial charge in [0.15, 0.2) is 0 Å². The van der Waals surface area contributed by atoms with E-state index in [0.717, 1.165) is 24.7 Å². The Balaban J connectivity index is 3.72. The van der Waals surface area contributed by atoms with Gasteiger partial charge in [0.1, 0.15) is 0 Å². The number of rotatable bonds is 20. The summed E-state index contributed by atoms with van der Waals surface area (Å²) in [4.78, 5) is 0. The summed E-state index contributed by atoms with van der Waals surface area (Å²) in [6.45, 7) is 9.43. The smallest absolute Gasteiger partial charge is 0.00887 e. The molecule has 166 valence electrons. The molecule has 0 aliphatic heterocycles. The Bertz CT molecular complexity index is 345. The molecular weight excluding hydrogens is 336 g/mol. The maximum atomic E-state index is 3.45. The summed E-state index contributed by atoms with van der Waals surface area (Å²) >= 11 is 0. The quantitative estimate of drug-likeness (QED) is 0.143. The van der Waals surface area contributed by atoms with Crippen LogP contribution in [0.4, 0.5) is 0 Å². The van der Waals surface area contributed by atoms with Crippen molar-refractivity contribution in [3.8, 4) is 11.8 Å². The molecule has 0 aromatic heterocycles. The Morgan fingerprint density at radius 3 is 1.46 bits per heavy atom. The van der Waals surface area contributed by atoms with E-state index in [-0.39, 0.29) is 0 Å². The minimum Gasteiger partial charge on any atom is -0.103 e. The molecule has 28 heavy (non-hydrogen) atoms. The zero-order valence-corrected chi connectivity index (χ0v) is 20.3. The van der Waals surface area contributed by atoms with Gasteiger partial charge in [0.25, 0.3) is 0 Å². The molecule has 0 aromatic rings. The molecule has 0 fully saturated rings. The molecule has 0 rings (SSSR count). The first kappa shape index (κ1) is 27.6. The highest BCUT2D eigenvalue weighted by Gasteiger charge is 2.14. The average Bonchev–Trinajstić information content (AvgIpc) is 2.71. The SMILES string of the molecule is CCCCCCCCC#CCCCC(CCCCCCCCCC)C(C)CC. The van der Waals surface area contributed by atoms with E-state index < -0.39 is 0 Å². The van der Waals surface area contributed by atoms with Crippen LogP contribution in [0.15, 0.2) is 0 Å². The predicted octanol–water partition coefficient (Wildman–Crippen LogP) is 10.1. The van der Waals surface area contributed by atoms with Crippen molar-refractivity contribution >= 4 is 0 Å². The molecule has 0 aromatic carbocycles. The Hall–Kier alpha value is -0.440. The van der Waals surface area contributed by atoms with Crippen LogP contribution >= 0.6 is 0 Å². The minimum atomic E-state index is 0.889. The Morgan fingerprint density at radius 2 is 0.929 bits per heavy atom. The third kappa shape index (κ3) is 18.9. The van der Waals surface area contributed by atoms with Crippen LogP contribution in [0.2, 0.25) is 0 Å². The average molecular weight is 391 g/mol. The second kappa shape index (κ2) is 22.8. The summed E-state index contributed by atoms with van der Waals surface area (Å²) in [5.41, 5.74) is 0. The van der Waals surface area contributed by atoms with Crippen LogP contribution in [0.5, 0.6) is 0 Å². The molecular formula is C28H54. The first-order valence-corrected chi connectivity index (χ1v) is 13.2. The third-order valence-electron chi connectivity index (χ3n) is 6.53. The van der Waals surface area contributed by atoms with Crippen molar-refractivity contribution < 1.29 is 0 Å². The van der Waals surface area contributed by atoms with Gasteiger partial charge in [0.2, 0.25) is 0 Å². The van der Waals surface area contributed by atoms with Gasteiger partial charge in [-0.15, -0.1) is 11.8 Å². The van der Waals surface area contributed by atoms with Crippen molar-refractivity contribution in [1.29, 1.82) is 0 Å². The molecule has 0 N–H and O–H groups in total. The molecule has 0 saturated heterocycles. The second-order valence-electron chi connectivity index (χ2n) is 9.17. The van der Waals surface area contributed by atoms with Crippen LogP contribution in [-0.4, -0.2) is 0 Å². The zero-order chi connectivity index (χ0) is 20.7. The summed E-state index contributed by atoms with van der Waals surface area (Å²) < 4.78 is 0. The lowest BCUT2D eigenvalue weighted by atomic mass is 9.83. The molecule has 0 heteroatoms. The van der Waals surface area contributed by atoms with Gasteiger partial charge in [0.05, 0.1) is 0 Å². The summed E-state index contributed by atoms with van der Waals surface area (Å²) in [6, 6.07) is 0. The van der Waals surface area contributed by atoms with Crippen molar-refractivity contribution in [3.05, 3.63) is 0 Å². The maximum absolute atomic E-state index is 3.45. The van der Waals surface area contributed by atoms with E-state index in [9.17, 15) is 0 Å². The summed E-state index contributed by atoms with van der Waals surface area (Å²) in [7, 11) is 0. The Labute approximate surface area is 180 Å². The lowest BCUT2D eigenvalue weighted by molar-refractivity contribution is 0.292. The third-order valence-corrected chi connectivity index (χ3v) is 6.53. The fourth-order valence-electron chi connectivity index (χ4n) is 4.21. The van der Waals surface area contributed by atoms with Crippen molar-refractivity contribution in [1.82, 2.24) is 0 Å². The predicted molar refractivity (Wildman–Crippen MR) is 130 cm³/mol. The zero-order valence-electron chi connectivity index (χ0n) is 20.3. The first-order chi connectivity index (χ1) is 13.8. The lowest BCUT2D eigenvalue weighted by Crippen LogP contribution is -2.11. The van der Waals surface area contributed by atoms with Crippen molar-refractivity contribution in [3.63, 3.8) is 0 Å². The van der Waals surface area contributed by atoms with Gasteiger partial charge in [-0.05, 0) is 31.1 Å². The number of hydrogen-bond donors (Lipinski definition) is 0. The molecule has 0 bridgehead atoms. The van der Waals surface area contributed by atoms with Crippen LogP contribution in [-0.2, 0) is 0 Å². The molecule has 0 aliphatic rings. The monoisotopic (exact) mass is 390 g/mol. The molecule has 2 atom stereocenters. The normalized spacial score (nSPS) is 13.1. The van der Waals surface area contributed by atoms with Gasteiger partial charge in [-0.25, -0.2) is 0 Å². The first-order valence-electron chi connectivity index (χ1n) is 13.2. The summed E-state index contributed by atoms with van der Waals surface area (Å²) in [5.74, 6) is 8.70. The summed E-state index contributed by atoms with van der Waals surface area (Å²) in [5, 5.41) is 0. The second-order valence-corrected chi connectivity index (χ2v) is 9.17. The van der Waals surface area contributed by atoms with E-state index in [1.807, 2.05) is 0 Å². The van der Waals surface area contributed by atoms with E-state index >= 15 is 0 Å². The van der Waals surface area contributed by atoms with E-state index in [1.165, 1.54) is 116 Å². The van der Waals surface area contributed by atoms with Crippen molar-refractivity contribution in [2.75, 3.05) is 0 Å². The molecule has 0 spiro atoms. The largest absolute Gasteiger partial charge is 0.103 e. The molecule has 0 saturated carbocycles. The Morgan fingerprint density at radius 1 is 0.500 bits per heavy atom. The van der Waals surface area contributed by atoms with Gasteiger partial charge in [-0.2, -0.15) is 0 Å². The highest BCUT2D eigenvalue weighted by Crippen LogP contribution is 2.27. The summed E-state index contributed by atoms with van der Waals surface area (Å²) in [6.07, 6.45) is 27.5. The fourth-order valence-corrected chi connectivity index (χ4v) is 4.21. The molecule has 0 amide bonds. The number of hydrogen-bond acceptors (Lipinski definition) is 0. The number of unbranched alkanes of at least 4 members (excludes halogenated alkanes) is 14. The van der Waals surface area contributed by atoms with E-state index in [4.69, 9.17) is 0 Å². The van der Waals surface area contributed by atoms with E-state index in [1.54, 1.807) is 0 Å². The van der Waals surface area contributed by atoms with Crippen LogP contribution in [0.3, 0.4) is 0 Å². The van der Waals surface area contributed by atoms with E-state index in [0.29, 0.717) is 0 Å². The minimum absolute atomic E-state index is 0.889. The van der Waals surface area contributed by atoms with Gasteiger partial charge in [0, 0.05) is 12.8 Å². The molecule has 0 aliphatic carbocycles. The van der Waals surface area contributed by atoms with Crippen molar-refractivity contribution in [2.24, 2.45) is 11.8 Å². The molecule has 0 heterocycles. The lowest BCUT2D eigenvalue weighted by Gasteiger charge is -2.22. The van der Waals surface area contributed by atoms with Gasteiger partial charge in [-0.1, -0.05) is 124 Å². The van der Waals surface area contributed by atoms with Gasteiger partial charge in [-0.3, -0.25) is 0 Å². The molecule has 0 radical (unpaired) electrons. The highest BCUT2D eigenvalue weighted by atomic mass is 14.2. The van der Waals surface area contributed by atoms with Crippen LogP contribution in [0.1, 0.15) is 156 Å². The molecule has 0 nitrogen and oxygen atoms in total. The van der Waals surface area contributed by atoms with Crippen LogP contribution < -0.4 is 0 Å².